The lowest BCUT2D eigenvalue weighted by Gasteiger charge is -2.24. The van der Waals surface area contributed by atoms with Crippen molar-refractivity contribution in [3.05, 3.63) is 35.9 Å². The number of nitrogens with two attached hydrogens (primary N) is 1. The number of hydrogen-bond donors (Lipinski definition) is 2. The fraction of sp³-hybridized carbons (Fsp3) is 0.588. The van der Waals surface area contributed by atoms with E-state index in [1.807, 2.05) is 19.9 Å². The summed E-state index contributed by atoms with van der Waals surface area (Å²) < 4.78 is 0. The summed E-state index contributed by atoms with van der Waals surface area (Å²) in [6.07, 6.45) is 4.55. The molecule has 1 aromatic rings. The molecule has 0 bridgehead atoms. The molecule has 2 rings (SSSR count). The van der Waals surface area contributed by atoms with E-state index in [9.17, 15) is 4.79 Å². The van der Waals surface area contributed by atoms with Crippen molar-refractivity contribution >= 4 is 5.91 Å². The molecule has 4 unspecified atom stereocenters. The summed E-state index contributed by atoms with van der Waals surface area (Å²) in [5, 5.41) is 3.21. The monoisotopic (exact) mass is 274 g/mol. The van der Waals surface area contributed by atoms with E-state index in [0.717, 1.165) is 12.8 Å². The van der Waals surface area contributed by atoms with Crippen LogP contribution in [0.25, 0.3) is 0 Å². The predicted molar refractivity (Wildman–Crippen MR) is 82.2 cm³/mol. The predicted octanol–water partition coefficient (Wildman–Crippen LogP) is 2.50. The van der Waals surface area contributed by atoms with Crippen molar-refractivity contribution in [3.63, 3.8) is 0 Å². The Morgan fingerprint density at radius 3 is 2.65 bits per heavy atom. The first kappa shape index (κ1) is 15.0. The fourth-order valence-electron chi connectivity index (χ4n) is 2.94. The highest BCUT2D eigenvalue weighted by molar-refractivity contribution is 5.79. The SMILES string of the molecule is CC(N)C(C)C(=O)NC1CCCC1Cc1ccccc1. The number of carbonyl (C=O) groups is 1. The van der Waals surface area contributed by atoms with Gasteiger partial charge in [-0.3, -0.25) is 4.79 Å². The maximum absolute atomic E-state index is 12.1. The van der Waals surface area contributed by atoms with Crippen LogP contribution in [0.4, 0.5) is 0 Å². The minimum atomic E-state index is -0.118. The Balaban J connectivity index is 1.92. The van der Waals surface area contributed by atoms with Crippen LogP contribution in [0.1, 0.15) is 38.7 Å². The zero-order valence-electron chi connectivity index (χ0n) is 12.5. The van der Waals surface area contributed by atoms with E-state index in [4.69, 9.17) is 5.73 Å². The second-order valence-corrected chi connectivity index (χ2v) is 6.14. The van der Waals surface area contributed by atoms with Crippen LogP contribution in [0.5, 0.6) is 0 Å². The summed E-state index contributed by atoms with van der Waals surface area (Å²) in [6.45, 7) is 3.79. The van der Waals surface area contributed by atoms with Gasteiger partial charge in [0.05, 0.1) is 0 Å². The van der Waals surface area contributed by atoms with Crippen molar-refractivity contribution in [1.82, 2.24) is 5.32 Å². The molecule has 0 aromatic heterocycles. The third kappa shape index (κ3) is 3.83. The maximum Gasteiger partial charge on any atom is 0.224 e. The Bertz CT molecular complexity index is 430. The molecule has 1 amide bonds. The first-order valence-corrected chi connectivity index (χ1v) is 7.68. The molecule has 20 heavy (non-hydrogen) atoms. The van der Waals surface area contributed by atoms with Crippen LogP contribution in [-0.4, -0.2) is 18.0 Å². The van der Waals surface area contributed by atoms with E-state index < -0.39 is 0 Å². The van der Waals surface area contributed by atoms with Gasteiger partial charge in [-0.2, -0.15) is 0 Å². The molecule has 4 atom stereocenters. The number of benzene rings is 1. The zero-order chi connectivity index (χ0) is 14.5. The first-order chi connectivity index (χ1) is 9.58. The molecule has 1 fully saturated rings. The van der Waals surface area contributed by atoms with E-state index in [2.05, 4.69) is 29.6 Å². The number of carbonyl (C=O) groups excluding carboxylic acids is 1. The Kier molecular flexibility index (Phi) is 5.18. The smallest absolute Gasteiger partial charge is 0.224 e. The van der Waals surface area contributed by atoms with Gasteiger partial charge in [-0.1, -0.05) is 43.7 Å². The van der Waals surface area contributed by atoms with E-state index in [1.165, 1.54) is 18.4 Å². The van der Waals surface area contributed by atoms with Crippen molar-refractivity contribution < 1.29 is 4.79 Å². The van der Waals surface area contributed by atoms with Crippen LogP contribution in [-0.2, 0) is 11.2 Å². The molecule has 3 nitrogen and oxygen atoms in total. The van der Waals surface area contributed by atoms with Gasteiger partial charge >= 0.3 is 0 Å². The number of amides is 1. The second kappa shape index (κ2) is 6.89. The Hall–Kier alpha value is -1.35. The topological polar surface area (TPSA) is 55.1 Å². The summed E-state index contributed by atoms with van der Waals surface area (Å²) in [6, 6.07) is 10.8. The van der Waals surface area contributed by atoms with Gasteiger partial charge in [0.1, 0.15) is 0 Å². The van der Waals surface area contributed by atoms with Gasteiger partial charge in [-0.15, -0.1) is 0 Å². The fourth-order valence-corrected chi connectivity index (χ4v) is 2.94. The number of hydrogen-bond acceptors (Lipinski definition) is 2. The molecular weight excluding hydrogens is 248 g/mol. The molecule has 3 N–H and O–H groups in total. The lowest BCUT2D eigenvalue weighted by atomic mass is 9.94. The van der Waals surface area contributed by atoms with Crippen molar-refractivity contribution in [2.75, 3.05) is 0 Å². The van der Waals surface area contributed by atoms with Crippen LogP contribution in [0.15, 0.2) is 30.3 Å². The Morgan fingerprint density at radius 1 is 1.30 bits per heavy atom. The van der Waals surface area contributed by atoms with Gasteiger partial charge < -0.3 is 11.1 Å². The molecule has 1 aromatic carbocycles. The number of rotatable bonds is 5. The molecule has 110 valence electrons. The van der Waals surface area contributed by atoms with E-state index in [0.29, 0.717) is 12.0 Å². The Labute approximate surface area is 121 Å². The minimum Gasteiger partial charge on any atom is -0.353 e. The van der Waals surface area contributed by atoms with Gasteiger partial charge in [0.15, 0.2) is 0 Å². The second-order valence-electron chi connectivity index (χ2n) is 6.14. The van der Waals surface area contributed by atoms with Gasteiger partial charge in [0.2, 0.25) is 5.91 Å². The first-order valence-electron chi connectivity index (χ1n) is 7.68. The lowest BCUT2D eigenvalue weighted by Crippen LogP contribution is -2.45. The molecule has 0 radical (unpaired) electrons. The van der Waals surface area contributed by atoms with Crippen LogP contribution in [0, 0.1) is 11.8 Å². The molecule has 3 heteroatoms. The van der Waals surface area contributed by atoms with Crippen LogP contribution < -0.4 is 11.1 Å². The third-order valence-corrected chi connectivity index (χ3v) is 4.53. The third-order valence-electron chi connectivity index (χ3n) is 4.53. The minimum absolute atomic E-state index is 0.0935. The largest absolute Gasteiger partial charge is 0.353 e. The van der Waals surface area contributed by atoms with Gasteiger partial charge in [0.25, 0.3) is 0 Å². The van der Waals surface area contributed by atoms with Crippen molar-refractivity contribution in [3.8, 4) is 0 Å². The van der Waals surface area contributed by atoms with Crippen molar-refractivity contribution in [2.45, 2.75) is 51.6 Å². The summed E-state index contributed by atoms with van der Waals surface area (Å²) in [5.74, 6) is 0.541. The quantitative estimate of drug-likeness (QED) is 0.866. The van der Waals surface area contributed by atoms with E-state index >= 15 is 0 Å². The molecular formula is C17H26N2O. The highest BCUT2D eigenvalue weighted by atomic mass is 16.2. The zero-order valence-corrected chi connectivity index (χ0v) is 12.5. The van der Waals surface area contributed by atoms with Crippen LogP contribution in [0.2, 0.25) is 0 Å². The standard InChI is InChI=1S/C17H26N2O/c1-12(13(2)18)17(20)19-16-10-6-9-15(16)11-14-7-4-3-5-8-14/h3-5,7-8,12-13,15-16H,6,9-11,18H2,1-2H3,(H,19,20). The summed E-state index contributed by atoms with van der Waals surface area (Å²) in [7, 11) is 0. The molecule has 0 aliphatic heterocycles. The molecule has 0 spiro atoms. The van der Waals surface area contributed by atoms with Crippen LogP contribution >= 0.6 is 0 Å². The van der Waals surface area contributed by atoms with Gasteiger partial charge in [-0.25, -0.2) is 0 Å². The summed E-state index contributed by atoms with van der Waals surface area (Å²) >= 11 is 0. The van der Waals surface area contributed by atoms with Crippen molar-refractivity contribution in [1.29, 1.82) is 0 Å². The number of nitrogens with one attached hydrogen (secondary N) is 1. The lowest BCUT2D eigenvalue weighted by molar-refractivity contribution is -0.125. The Morgan fingerprint density at radius 2 is 2.00 bits per heavy atom. The highest BCUT2D eigenvalue weighted by Crippen LogP contribution is 2.29. The summed E-state index contributed by atoms with van der Waals surface area (Å²) in [5.41, 5.74) is 7.17. The molecule has 1 aliphatic carbocycles. The van der Waals surface area contributed by atoms with E-state index in [-0.39, 0.29) is 17.9 Å². The normalized spacial score (nSPS) is 25.1. The van der Waals surface area contributed by atoms with Gasteiger partial charge in [0, 0.05) is 18.0 Å². The van der Waals surface area contributed by atoms with Crippen LogP contribution in [0.3, 0.4) is 0 Å². The molecule has 1 aliphatic rings. The molecule has 1 saturated carbocycles. The molecule has 0 saturated heterocycles. The van der Waals surface area contributed by atoms with Gasteiger partial charge in [-0.05, 0) is 37.7 Å². The van der Waals surface area contributed by atoms with Crippen molar-refractivity contribution in [2.24, 2.45) is 17.6 Å². The highest BCUT2D eigenvalue weighted by Gasteiger charge is 2.30. The average molecular weight is 274 g/mol. The summed E-state index contributed by atoms with van der Waals surface area (Å²) in [4.78, 5) is 12.1. The molecule has 0 heterocycles. The van der Waals surface area contributed by atoms with E-state index in [1.54, 1.807) is 0 Å². The maximum atomic E-state index is 12.1. The average Bonchev–Trinajstić information content (AvgIpc) is 2.86.